The van der Waals surface area contributed by atoms with Gasteiger partial charge in [-0.1, -0.05) is 40.5 Å². The van der Waals surface area contributed by atoms with Gasteiger partial charge in [0.05, 0.1) is 0 Å². The molecule has 0 bridgehead atoms. The number of nitrogens with one attached hydrogen (secondary N) is 1. The number of hydrogen-bond acceptors (Lipinski definition) is 3. The third-order valence-electron chi connectivity index (χ3n) is 4.75. The number of hydrogen-bond donors (Lipinski definition) is 1. The van der Waals surface area contributed by atoms with Crippen molar-refractivity contribution < 1.29 is 4.42 Å². The Hall–Kier alpha value is -1.51. The lowest BCUT2D eigenvalue weighted by molar-refractivity contribution is 0.217. The highest BCUT2D eigenvalue weighted by Gasteiger charge is 2.32. The van der Waals surface area contributed by atoms with Crippen molar-refractivity contribution in [3.05, 3.63) is 24.1 Å². The zero-order chi connectivity index (χ0) is 15.0. The number of oxazole rings is 1. The van der Waals surface area contributed by atoms with Crippen LogP contribution in [-0.2, 0) is 0 Å². The summed E-state index contributed by atoms with van der Waals surface area (Å²) in [4.78, 5) is 4.60. The highest BCUT2D eigenvalue weighted by Crippen LogP contribution is 2.37. The molecule has 0 amide bonds. The van der Waals surface area contributed by atoms with E-state index in [0.29, 0.717) is 17.4 Å². The van der Waals surface area contributed by atoms with Gasteiger partial charge in [0.1, 0.15) is 5.52 Å². The minimum atomic E-state index is 0.325. The van der Waals surface area contributed by atoms with E-state index in [9.17, 15) is 0 Å². The minimum absolute atomic E-state index is 0.325. The summed E-state index contributed by atoms with van der Waals surface area (Å²) in [6, 6.07) is 6.81. The van der Waals surface area contributed by atoms with Gasteiger partial charge in [-0.3, -0.25) is 0 Å². The Bertz CT molecular complexity index is 627. The monoisotopic (exact) mass is 286 g/mol. The molecule has 1 atom stereocenters. The second kappa shape index (κ2) is 5.36. The predicted molar refractivity (Wildman–Crippen MR) is 87.8 cm³/mol. The van der Waals surface area contributed by atoms with E-state index >= 15 is 0 Å². The molecule has 1 fully saturated rings. The van der Waals surface area contributed by atoms with E-state index in [1.165, 1.54) is 25.7 Å². The molecule has 0 spiro atoms. The first-order valence-electron chi connectivity index (χ1n) is 8.13. The molecule has 1 saturated carbocycles. The minimum Gasteiger partial charge on any atom is -0.440 e. The molecule has 0 aliphatic heterocycles. The van der Waals surface area contributed by atoms with Gasteiger partial charge in [-0.2, -0.15) is 0 Å². The Labute approximate surface area is 127 Å². The molecule has 21 heavy (non-hydrogen) atoms. The molecule has 1 aromatic carbocycles. The maximum Gasteiger partial charge on any atom is 0.198 e. The molecule has 3 heteroatoms. The Morgan fingerprint density at radius 1 is 1.29 bits per heavy atom. The number of aromatic nitrogens is 1. The van der Waals surface area contributed by atoms with Crippen LogP contribution in [0.5, 0.6) is 0 Å². The van der Waals surface area contributed by atoms with Gasteiger partial charge in [-0.05, 0) is 36.5 Å². The second-order valence-electron chi connectivity index (χ2n) is 7.32. The molecule has 2 aromatic rings. The Morgan fingerprint density at radius 2 is 2.10 bits per heavy atom. The highest BCUT2D eigenvalue weighted by molar-refractivity contribution is 5.77. The van der Waals surface area contributed by atoms with Crippen LogP contribution < -0.4 is 5.32 Å². The molecular weight excluding hydrogens is 260 g/mol. The van der Waals surface area contributed by atoms with Crippen molar-refractivity contribution in [1.29, 1.82) is 0 Å². The van der Waals surface area contributed by atoms with E-state index in [1.807, 2.05) is 6.07 Å². The Morgan fingerprint density at radius 3 is 2.81 bits per heavy atom. The van der Waals surface area contributed by atoms with Gasteiger partial charge >= 0.3 is 0 Å². The number of nitrogens with zero attached hydrogens (tertiary/aromatic N) is 1. The van der Waals surface area contributed by atoms with Crippen molar-refractivity contribution in [3.8, 4) is 0 Å². The zero-order valence-corrected chi connectivity index (χ0v) is 13.6. The molecule has 0 saturated heterocycles. The average molecular weight is 286 g/mol. The fraction of sp³-hybridized carbons (Fsp3) is 0.611. The third-order valence-corrected chi connectivity index (χ3v) is 4.75. The summed E-state index contributed by atoms with van der Waals surface area (Å²) < 4.78 is 5.78. The summed E-state index contributed by atoms with van der Waals surface area (Å²) in [7, 11) is 0. The van der Waals surface area contributed by atoms with Crippen LogP contribution in [0.1, 0.15) is 65.2 Å². The van der Waals surface area contributed by atoms with E-state index in [0.717, 1.165) is 22.7 Å². The summed E-state index contributed by atoms with van der Waals surface area (Å²) in [6.45, 7) is 8.95. The topological polar surface area (TPSA) is 38.1 Å². The normalized spacial score (nSPS) is 21.9. The second-order valence-corrected chi connectivity index (χ2v) is 7.32. The average Bonchev–Trinajstić information content (AvgIpc) is 2.84. The molecule has 3 nitrogen and oxygen atoms in total. The number of anilines is 1. The molecule has 1 aliphatic carbocycles. The van der Waals surface area contributed by atoms with Crippen LogP contribution in [0.15, 0.2) is 22.6 Å². The summed E-state index contributed by atoms with van der Waals surface area (Å²) in [5, 5.41) is 3.72. The van der Waals surface area contributed by atoms with Gasteiger partial charge in [0.25, 0.3) is 0 Å². The molecular formula is C18H26N2O. The number of fused-ring (bicyclic) bond motifs is 1. The number of rotatable bonds is 3. The molecule has 1 N–H and O–H groups in total. The van der Waals surface area contributed by atoms with E-state index in [2.05, 4.69) is 50.1 Å². The van der Waals surface area contributed by atoms with Crippen LogP contribution in [0.4, 0.5) is 5.69 Å². The maximum absolute atomic E-state index is 5.78. The van der Waals surface area contributed by atoms with E-state index in [1.54, 1.807) is 0 Å². The molecule has 1 heterocycles. The van der Waals surface area contributed by atoms with Crippen molar-refractivity contribution in [2.45, 2.75) is 65.3 Å². The van der Waals surface area contributed by atoms with E-state index in [4.69, 9.17) is 4.42 Å². The SMILES string of the molecule is CC(C)c1nc2cc(NC3CCCCC3(C)C)ccc2o1. The lowest BCUT2D eigenvalue weighted by Gasteiger charge is -2.39. The zero-order valence-electron chi connectivity index (χ0n) is 13.6. The Kier molecular flexibility index (Phi) is 3.68. The van der Waals surface area contributed by atoms with Crippen LogP contribution in [0.25, 0.3) is 11.1 Å². The Balaban J connectivity index is 1.84. The van der Waals surface area contributed by atoms with E-state index in [-0.39, 0.29) is 0 Å². The van der Waals surface area contributed by atoms with Gasteiger partial charge in [-0.25, -0.2) is 4.98 Å². The number of benzene rings is 1. The quantitative estimate of drug-likeness (QED) is 0.828. The van der Waals surface area contributed by atoms with Crippen molar-refractivity contribution in [1.82, 2.24) is 4.98 Å². The van der Waals surface area contributed by atoms with Crippen molar-refractivity contribution in [3.63, 3.8) is 0 Å². The van der Waals surface area contributed by atoms with Crippen LogP contribution in [0.3, 0.4) is 0 Å². The highest BCUT2D eigenvalue weighted by atomic mass is 16.3. The molecule has 1 aliphatic rings. The maximum atomic E-state index is 5.78. The lowest BCUT2D eigenvalue weighted by atomic mass is 9.73. The van der Waals surface area contributed by atoms with Crippen LogP contribution in [0.2, 0.25) is 0 Å². The fourth-order valence-corrected chi connectivity index (χ4v) is 3.24. The summed E-state index contributed by atoms with van der Waals surface area (Å²) in [6.07, 6.45) is 5.23. The van der Waals surface area contributed by atoms with Crippen LogP contribution in [0, 0.1) is 5.41 Å². The third kappa shape index (κ3) is 2.92. The van der Waals surface area contributed by atoms with Gasteiger partial charge in [0, 0.05) is 17.6 Å². The lowest BCUT2D eigenvalue weighted by Crippen LogP contribution is -2.38. The fourth-order valence-electron chi connectivity index (χ4n) is 3.24. The summed E-state index contributed by atoms with van der Waals surface area (Å²) >= 11 is 0. The summed E-state index contributed by atoms with van der Waals surface area (Å²) in [5.74, 6) is 1.14. The van der Waals surface area contributed by atoms with Crippen LogP contribution >= 0.6 is 0 Å². The van der Waals surface area contributed by atoms with Gasteiger partial charge in [-0.15, -0.1) is 0 Å². The van der Waals surface area contributed by atoms with Crippen LogP contribution in [-0.4, -0.2) is 11.0 Å². The van der Waals surface area contributed by atoms with Gasteiger partial charge in [0.15, 0.2) is 11.5 Å². The van der Waals surface area contributed by atoms with E-state index < -0.39 is 0 Å². The van der Waals surface area contributed by atoms with Gasteiger partial charge in [0.2, 0.25) is 0 Å². The van der Waals surface area contributed by atoms with Crippen molar-refractivity contribution in [2.24, 2.45) is 5.41 Å². The molecule has 1 aromatic heterocycles. The molecule has 1 unspecified atom stereocenters. The van der Waals surface area contributed by atoms with Gasteiger partial charge < -0.3 is 9.73 Å². The largest absolute Gasteiger partial charge is 0.440 e. The first-order chi connectivity index (χ1) is 9.95. The van der Waals surface area contributed by atoms with Crippen molar-refractivity contribution >= 4 is 16.8 Å². The molecule has 3 rings (SSSR count). The molecule has 114 valence electrons. The first-order valence-corrected chi connectivity index (χ1v) is 8.13. The smallest absolute Gasteiger partial charge is 0.198 e. The molecule has 0 radical (unpaired) electrons. The predicted octanol–water partition coefficient (Wildman–Crippen LogP) is 5.33. The standard InChI is InChI=1S/C18H26N2O/c1-12(2)17-20-14-11-13(8-9-15(14)21-17)19-16-7-5-6-10-18(16,3)4/h8-9,11-12,16,19H,5-7,10H2,1-4H3. The van der Waals surface area contributed by atoms with Crippen molar-refractivity contribution in [2.75, 3.05) is 5.32 Å². The first kappa shape index (κ1) is 14.4. The summed E-state index contributed by atoms with van der Waals surface area (Å²) in [5.41, 5.74) is 3.36.